The van der Waals surface area contributed by atoms with Crippen molar-refractivity contribution in [2.75, 3.05) is 70.9 Å². The number of fused-ring (bicyclic) bond motifs is 1. The number of likely N-dealkylation sites (N-methyl/N-ethyl adjacent to an activating group) is 1. The Morgan fingerprint density at radius 1 is 0.889 bits per heavy atom. The molecule has 1 atom stereocenters. The lowest BCUT2D eigenvalue weighted by molar-refractivity contribution is 0.0665. The number of aliphatic hydroxyl groups is 1. The molecule has 0 spiro atoms. The molecule has 4 heterocycles. The standard InChI is InChI=1S/C33H38ClN7O4/c1-23-20-28(31(43)39-16-12-36(2)13-17-39)29-30(35-23)40(33(45)41(32(29)44)26-6-4-3-5-7-26)22-27(42)21-37-14-18-38(19-15-37)25-10-8-24(34)9-11-25/h3-11,20,27,42H,12-19,21-22H2,1-2H3. The van der Waals surface area contributed by atoms with Gasteiger partial charge in [-0.05, 0) is 56.4 Å². The van der Waals surface area contributed by atoms with Crippen LogP contribution in [0.4, 0.5) is 5.69 Å². The number of benzene rings is 2. The largest absolute Gasteiger partial charge is 0.390 e. The maximum Gasteiger partial charge on any atom is 0.337 e. The van der Waals surface area contributed by atoms with E-state index >= 15 is 0 Å². The predicted molar refractivity (Wildman–Crippen MR) is 176 cm³/mol. The molecule has 2 aromatic heterocycles. The number of para-hydroxylation sites is 1. The number of piperazine rings is 2. The topological polar surface area (TPSA) is 107 Å². The van der Waals surface area contributed by atoms with Crippen molar-refractivity contribution in [2.24, 2.45) is 0 Å². The highest BCUT2D eigenvalue weighted by molar-refractivity contribution is 6.30. The van der Waals surface area contributed by atoms with Gasteiger partial charge < -0.3 is 19.8 Å². The molecule has 11 nitrogen and oxygen atoms in total. The number of pyridine rings is 1. The van der Waals surface area contributed by atoms with Gasteiger partial charge in [0.15, 0.2) is 5.65 Å². The van der Waals surface area contributed by atoms with Gasteiger partial charge in [0.05, 0.1) is 29.3 Å². The summed E-state index contributed by atoms with van der Waals surface area (Å²) < 4.78 is 2.43. The lowest BCUT2D eigenvalue weighted by atomic mass is 10.1. The van der Waals surface area contributed by atoms with E-state index in [0.717, 1.165) is 49.5 Å². The highest BCUT2D eigenvalue weighted by Crippen LogP contribution is 2.21. The number of amides is 1. The van der Waals surface area contributed by atoms with Gasteiger partial charge >= 0.3 is 5.69 Å². The number of halogens is 1. The zero-order chi connectivity index (χ0) is 31.7. The number of β-amino-alcohol motifs (C(OH)–C–C–N with tert-alkyl or cyclic N) is 1. The summed E-state index contributed by atoms with van der Waals surface area (Å²) in [5.41, 5.74) is 1.12. The Hall–Kier alpha value is -4.03. The number of aromatic nitrogens is 3. The number of rotatable bonds is 7. The number of carbonyl (C=O) groups is 1. The number of hydrogen-bond acceptors (Lipinski definition) is 8. The summed E-state index contributed by atoms with van der Waals surface area (Å²) >= 11 is 6.05. The van der Waals surface area contributed by atoms with Crippen LogP contribution in [0.25, 0.3) is 16.7 Å². The molecule has 12 heteroatoms. The van der Waals surface area contributed by atoms with Gasteiger partial charge in [0, 0.05) is 75.3 Å². The van der Waals surface area contributed by atoms with Crippen LogP contribution >= 0.6 is 11.6 Å². The van der Waals surface area contributed by atoms with Crippen LogP contribution < -0.4 is 16.1 Å². The van der Waals surface area contributed by atoms with Crippen molar-refractivity contribution < 1.29 is 9.90 Å². The second-order valence-electron chi connectivity index (χ2n) is 11.9. The van der Waals surface area contributed by atoms with Crippen LogP contribution in [0.1, 0.15) is 16.1 Å². The van der Waals surface area contributed by atoms with Gasteiger partial charge in [0.2, 0.25) is 0 Å². The molecule has 0 radical (unpaired) electrons. The molecule has 0 saturated carbocycles. The van der Waals surface area contributed by atoms with Gasteiger partial charge in [-0.15, -0.1) is 0 Å². The molecule has 2 fully saturated rings. The molecule has 6 rings (SSSR count). The summed E-state index contributed by atoms with van der Waals surface area (Å²) in [6.07, 6.45) is -0.922. The fourth-order valence-electron chi connectivity index (χ4n) is 6.20. The molecule has 2 aliphatic heterocycles. The molecule has 0 bridgehead atoms. The molecule has 1 amide bonds. The highest BCUT2D eigenvalue weighted by atomic mass is 35.5. The van der Waals surface area contributed by atoms with Gasteiger partial charge in [-0.2, -0.15) is 0 Å². The maximum atomic E-state index is 14.1. The van der Waals surface area contributed by atoms with Crippen LogP contribution in [0.5, 0.6) is 0 Å². The first-order valence-corrected chi connectivity index (χ1v) is 15.7. The highest BCUT2D eigenvalue weighted by Gasteiger charge is 2.28. The average molecular weight is 632 g/mol. The Kier molecular flexibility index (Phi) is 9.04. The van der Waals surface area contributed by atoms with Crippen molar-refractivity contribution in [3.63, 3.8) is 0 Å². The summed E-state index contributed by atoms with van der Waals surface area (Å²) in [6, 6.07) is 18.1. The van der Waals surface area contributed by atoms with E-state index in [-0.39, 0.29) is 29.0 Å². The monoisotopic (exact) mass is 631 g/mol. The molecular weight excluding hydrogens is 594 g/mol. The molecule has 4 aromatic rings. The zero-order valence-corrected chi connectivity index (χ0v) is 26.4. The van der Waals surface area contributed by atoms with Gasteiger partial charge in [-0.25, -0.2) is 14.3 Å². The number of carbonyl (C=O) groups excluding carboxylic acids is 1. The van der Waals surface area contributed by atoms with E-state index in [2.05, 4.69) is 19.7 Å². The van der Waals surface area contributed by atoms with Crippen LogP contribution in [-0.4, -0.2) is 112 Å². The minimum absolute atomic E-state index is 0.0803. The van der Waals surface area contributed by atoms with Crippen LogP contribution in [0.3, 0.4) is 0 Å². The third kappa shape index (κ3) is 6.53. The molecule has 1 N–H and O–H groups in total. The van der Waals surface area contributed by atoms with Crippen molar-refractivity contribution >= 4 is 34.2 Å². The van der Waals surface area contributed by atoms with E-state index in [1.807, 2.05) is 31.3 Å². The SMILES string of the molecule is Cc1cc(C(=O)N2CCN(C)CC2)c2c(=O)n(-c3ccccc3)c(=O)n(CC(O)CN3CCN(c4ccc(Cl)cc4)CC3)c2n1. The minimum atomic E-state index is -0.922. The van der Waals surface area contributed by atoms with Crippen molar-refractivity contribution in [3.05, 3.63) is 97.8 Å². The van der Waals surface area contributed by atoms with Crippen LogP contribution in [0.15, 0.2) is 70.3 Å². The molecule has 2 saturated heterocycles. The van der Waals surface area contributed by atoms with E-state index < -0.39 is 17.4 Å². The van der Waals surface area contributed by atoms with Gasteiger partial charge in [-0.1, -0.05) is 29.8 Å². The Bertz CT molecular complexity index is 1790. The van der Waals surface area contributed by atoms with E-state index in [0.29, 0.717) is 36.0 Å². The van der Waals surface area contributed by atoms with E-state index in [4.69, 9.17) is 11.6 Å². The molecule has 0 aliphatic carbocycles. The van der Waals surface area contributed by atoms with Crippen molar-refractivity contribution in [2.45, 2.75) is 19.6 Å². The third-order valence-electron chi connectivity index (χ3n) is 8.68. The Labute approximate surface area is 266 Å². The summed E-state index contributed by atoms with van der Waals surface area (Å²) in [5, 5.41) is 12.1. The minimum Gasteiger partial charge on any atom is -0.390 e. The second-order valence-corrected chi connectivity index (χ2v) is 12.3. The fraction of sp³-hybridized carbons (Fsp3) is 0.394. The van der Waals surface area contributed by atoms with E-state index in [1.165, 1.54) is 4.57 Å². The van der Waals surface area contributed by atoms with Gasteiger partial charge in [0.25, 0.3) is 11.5 Å². The number of anilines is 1. The normalized spacial score (nSPS) is 17.2. The Morgan fingerprint density at radius 3 is 2.22 bits per heavy atom. The third-order valence-corrected chi connectivity index (χ3v) is 8.94. The molecule has 236 valence electrons. The van der Waals surface area contributed by atoms with Crippen molar-refractivity contribution in [1.29, 1.82) is 0 Å². The number of nitrogens with zero attached hydrogens (tertiary/aromatic N) is 7. The quantitative estimate of drug-likeness (QED) is 0.331. The number of aryl methyl sites for hydroxylation is 1. The first-order chi connectivity index (χ1) is 21.7. The van der Waals surface area contributed by atoms with Crippen LogP contribution in [0.2, 0.25) is 5.02 Å². The number of hydrogen-bond donors (Lipinski definition) is 1. The van der Waals surface area contributed by atoms with Crippen molar-refractivity contribution in [1.82, 2.24) is 28.8 Å². The second kappa shape index (κ2) is 13.1. The maximum absolute atomic E-state index is 14.1. The molecule has 1 unspecified atom stereocenters. The smallest absolute Gasteiger partial charge is 0.337 e. The molecule has 2 aromatic carbocycles. The van der Waals surface area contributed by atoms with Crippen LogP contribution in [0, 0.1) is 6.92 Å². The molecule has 2 aliphatic rings. The first kappa shape index (κ1) is 31.0. The summed E-state index contributed by atoms with van der Waals surface area (Å²) in [7, 11) is 2.01. The summed E-state index contributed by atoms with van der Waals surface area (Å²) in [6.45, 7) is 7.57. The van der Waals surface area contributed by atoms with Gasteiger partial charge in [-0.3, -0.25) is 19.1 Å². The van der Waals surface area contributed by atoms with E-state index in [1.54, 1.807) is 48.2 Å². The lowest BCUT2D eigenvalue weighted by Crippen LogP contribution is -2.50. The Balaban J connectivity index is 1.33. The average Bonchev–Trinajstić information content (AvgIpc) is 3.04. The Morgan fingerprint density at radius 2 is 1.56 bits per heavy atom. The summed E-state index contributed by atoms with van der Waals surface area (Å²) in [5.74, 6) is -0.264. The lowest BCUT2D eigenvalue weighted by Gasteiger charge is -2.37. The summed E-state index contributed by atoms with van der Waals surface area (Å²) in [4.78, 5) is 54.9. The first-order valence-electron chi connectivity index (χ1n) is 15.3. The predicted octanol–water partition coefficient (Wildman–Crippen LogP) is 2.08. The van der Waals surface area contributed by atoms with Crippen molar-refractivity contribution in [3.8, 4) is 5.69 Å². The fourth-order valence-corrected chi connectivity index (χ4v) is 6.32. The zero-order valence-electron chi connectivity index (χ0n) is 25.6. The number of aliphatic hydroxyl groups excluding tert-OH is 1. The molecular formula is C33H38ClN7O4. The van der Waals surface area contributed by atoms with E-state index in [9.17, 15) is 19.5 Å². The van der Waals surface area contributed by atoms with Crippen LogP contribution in [-0.2, 0) is 6.54 Å². The van der Waals surface area contributed by atoms with Gasteiger partial charge in [0.1, 0.15) is 0 Å². The molecule has 45 heavy (non-hydrogen) atoms.